The van der Waals surface area contributed by atoms with Crippen LogP contribution in [0.1, 0.15) is 6.92 Å². The zero-order valence-electron chi connectivity index (χ0n) is 9.31. The molecular weight excluding hydrogens is 259 g/mol. The molecule has 0 saturated carbocycles. The van der Waals surface area contributed by atoms with E-state index in [1.54, 1.807) is 18.2 Å². The van der Waals surface area contributed by atoms with Crippen molar-refractivity contribution in [1.29, 1.82) is 0 Å². The molecule has 1 saturated heterocycles. The van der Waals surface area contributed by atoms with Gasteiger partial charge in [0.25, 0.3) is 5.91 Å². The molecule has 2 N–H and O–H groups in total. The Bertz CT molecular complexity index is 471. The second-order valence-electron chi connectivity index (χ2n) is 3.94. The normalized spacial score (nSPS) is 14.2. The smallest absolute Gasteiger partial charge is 0.251 e. The van der Waals surface area contributed by atoms with E-state index in [2.05, 4.69) is 10.6 Å². The van der Waals surface area contributed by atoms with Crippen molar-refractivity contribution in [2.24, 2.45) is 0 Å². The molecule has 1 aliphatic rings. The van der Waals surface area contributed by atoms with Gasteiger partial charge < -0.3 is 10.6 Å². The molecule has 1 aromatic carbocycles. The molecule has 5 heteroatoms. The first-order chi connectivity index (χ1) is 8.06. The first kappa shape index (κ1) is 12.4. The zero-order valence-corrected chi connectivity index (χ0v) is 10.8. The molecule has 0 atom stereocenters. The minimum Gasteiger partial charge on any atom is -0.322 e. The number of anilines is 1. The number of amides is 1. The summed E-state index contributed by atoms with van der Waals surface area (Å²) in [6.45, 7) is 3.39. The summed E-state index contributed by atoms with van der Waals surface area (Å²) in [6.07, 6.45) is 0. The summed E-state index contributed by atoms with van der Waals surface area (Å²) in [4.78, 5) is 11.9. The maximum atomic E-state index is 11.9. The fourth-order valence-electron chi connectivity index (χ4n) is 1.53. The Morgan fingerprint density at radius 3 is 2.29 bits per heavy atom. The van der Waals surface area contributed by atoms with Gasteiger partial charge in [0.1, 0.15) is 0 Å². The number of halogens is 2. The molecule has 1 heterocycles. The zero-order chi connectivity index (χ0) is 12.4. The Balaban J connectivity index is 2.12. The molecule has 1 fully saturated rings. The SMILES string of the molecule is CC(C(=O)Nc1cc(Cl)cc(Cl)c1)=C1CNC1. The number of hydrogen-bond acceptors (Lipinski definition) is 2. The summed E-state index contributed by atoms with van der Waals surface area (Å²) in [5, 5.41) is 6.88. The van der Waals surface area contributed by atoms with Gasteiger partial charge in [0.05, 0.1) is 0 Å². The van der Waals surface area contributed by atoms with Crippen LogP contribution in [0.3, 0.4) is 0 Å². The van der Waals surface area contributed by atoms with E-state index < -0.39 is 0 Å². The average Bonchev–Trinajstić information content (AvgIpc) is 2.12. The summed E-state index contributed by atoms with van der Waals surface area (Å²) in [6, 6.07) is 4.96. The van der Waals surface area contributed by atoms with Crippen LogP contribution in [0.5, 0.6) is 0 Å². The molecule has 1 aromatic rings. The highest BCUT2D eigenvalue weighted by Crippen LogP contribution is 2.23. The lowest BCUT2D eigenvalue weighted by molar-refractivity contribution is -0.112. The summed E-state index contributed by atoms with van der Waals surface area (Å²) in [7, 11) is 0. The van der Waals surface area contributed by atoms with Crippen molar-refractivity contribution in [1.82, 2.24) is 5.32 Å². The molecular formula is C12H12Cl2N2O. The maximum Gasteiger partial charge on any atom is 0.251 e. The minimum absolute atomic E-state index is 0.111. The van der Waals surface area contributed by atoms with Crippen LogP contribution in [0.25, 0.3) is 0 Å². The third-order valence-electron chi connectivity index (χ3n) is 2.67. The molecule has 1 amide bonds. The van der Waals surface area contributed by atoms with Crippen LogP contribution in [0, 0.1) is 0 Å². The predicted molar refractivity (Wildman–Crippen MR) is 70.7 cm³/mol. The van der Waals surface area contributed by atoms with Crippen LogP contribution in [0.4, 0.5) is 5.69 Å². The average molecular weight is 271 g/mol. The Hall–Kier alpha value is -1.03. The number of carbonyl (C=O) groups is 1. The van der Waals surface area contributed by atoms with E-state index in [0.717, 1.165) is 24.2 Å². The van der Waals surface area contributed by atoms with Crippen molar-refractivity contribution in [2.45, 2.75) is 6.92 Å². The number of rotatable bonds is 2. The quantitative estimate of drug-likeness (QED) is 0.812. The fourth-order valence-corrected chi connectivity index (χ4v) is 2.05. The van der Waals surface area contributed by atoms with E-state index in [1.165, 1.54) is 0 Å². The van der Waals surface area contributed by atoms with Crippen molar-refractivity contribution in [3.05, 3.63) is 39.4 Å². The predicted octanol–water partition coefficient (Wildman–Crippen LogP) is 2.85. The van der Waals surface area contributed by atoms with Crippen LogP contribution >= 0.6 is 23.2 Å². The Morgan fingerprint density at radius 1 is 1.24 bits per heavy atom. The van der Waals surface area contributed by atoms with Gasteiger partial charge >= 0.3 is 0 Å². The van der Waals surface area contributed by atoms with Crippen molar-refractivity contribution >= 4 is 34.8 Å². The van der Waals surface area contributed by atoms with Gasteiger partial charge in [-0.3, -0.25) is 4.79 Å². The second-order valence-corrected chi connectivity index (χ2v) is 4.82. The summed E-state index contributed by atoms with van der Waals surface area (Å²) >= 11 is 11.7. The lowest BCUT2D eigenvalue weighted by atomic mass is 10.0. The van der Waals surface area contributed by atoms with Gasteiger partial charge in [0.2, 0.25) is 0 Å². The molecule has 0 radical (unpaired) electrons. The molecule has 0 aromatic heterocycles. The number of carbonyl (C=O) groups excluding carboxylic acids is 1. The van der Waals surface area contributed by atoms with E-state index in [9.17, 15) is 4.79 Å². The lowest BCUT2D eigenvalue weighted by Crippen LogP contribution is -2.36. The highest BCUT2D eigenvalue weighted by atomic mass is 35.5. The summed E-state index contributed by atoms with van der Waals surface area (Å²) in [5.74, 6) is -0.111. The monoisotopic (exact) mass is 270 g/mol. The number of hydrogen-bond donors (Lipinski definition) is 2. The fraction of sp³-hybridized carbons (Fsp3) is 0.250. The first-order valence-electron chi connectivity index (χ1n) is 5.23. The minimum atomic E-state index is -0.111. The van der Waals surface area contributed by atoms with Crippen molar-refractivity contribution in [3.63, 3.8) is 0 Å². The standard InChI is InChI=1S/C12H12Cl2N2O/c1-7(8-5-15-6-8)12(17)16-11-3-9(13)2-10(14)4-11/h2-4,15H,5-6H2,1H3,(H,16,17). The van der Waals surface area contributed by atoms with Crippen molar-refractivity contribution < 1.29 is 4.79 Å². The molecule has 90 valence electrons. The molecule has 0 aliphatic carbocycles. The molecule has 0 spiro atoms. The Labute approximate surface area is 110 Å². The second kappa shape index (κ2) is 5.08. The Kier molecular flexibility index (Phi) is 3.72. The van der Waals surface area contributed by atoms with Gasteiger partial charge in [-0.05, 0) is 30.7 Å². The molecule has 17 heavy (non-hydrogen) atoms. The van der Waals surface area contributed by atoms with E-state index in [1.807, 2.05) is 6.92 Å². The molecule has 2 rings (SSSR count). The van der Waals surface area contributed by atoms with Crippen LogP contribution < -0.4 is 10.6 Å². The van der Waals surface area contributed by atoms with E-state index in [4.69, 9.17) is 23.2 Å². The van der Waals surface area contributed by atoms with Gasteiger partial charge in [0.15, 0.2) is 0 Å². The highest BCUT2D eigenvalue weighted by molar-refractivity contribution is 6.35. The van der Waals surface area contributed by atoms with E-state index in [0.29, 0.717) is 15.7 Å². The van der Waals surface area contributed by atoms with Gasteiger partial charge in [0, 0.05) is 34.4 Å². The molecule has 3 nitrogen and oxygen atoms in total. The largest absolute Gasteiger partial charge is 0.322 e. The van der Waals surface area contributed by atoms with E-state index >= 15 is 0 Å². The van der Waals surface area contributed by atoms with Crippen LogP contribution in [0.2, 0.25) is 10.0 Å². The van der Waals surface area contributed by atoms with Crippen LogP contribution in [-0.2, 0) is 4.79 Å². The summed E-state index contributed by atoms with van der Waals surface area (Å²) < 4.78 is 0. The van der Waals surface area contributed by atoms with Crippen LogP contribution in [0.15, 0.2) is 29.3 Å². The van der Waals surface area contributed by atoms with Gasteiger partial charge in [-0.25, -0.2) is 0 Å². The molecule has 1 aliphatic heterocycles. The third kappa shape index (κ3) is 3.00. The van der Waals surface area contributed by atoms with Crippen molar-refractivity contribution in [3.8, 4) is 0 Å². The van der Waals surface area contributed by atoms with Crippen molar-refractivity contribution in [2.75, 3.05) is 18.4 Å². The highest BCUT2D eigenvalue weighted by Gasteiger charge is 2.16. The third-order valence-corrected chi connectivity index (χ3v) is 3.10. The first-order valence-corrected chi connectivity index (χ1v) is 5.98. The number of benzene rings is 1. The molecule has 0 bridgehead atoms. The number of nitrogens with one attached hydrogen (secondary N) is 2. The van der Waals surface area contributed by atoms with Gasteiger partial charge in [-0.1, -0.05) is 23.2 Å². The Morgan fingerprint density at radius 2 is 1.82 bits per heavy atom. The topological polar surface area (TPSA) is 41.1 Å². The lowest BCUT2D eigenvalue weighted by Gasteiger charge is -2.21. The van der Waals surface area contributed by atoms with E-state index in [-0.39, 0.29) is 5.91 Å². The van der Waals surface area contributed by atoms with Gasteiger partial charge in [-0.2, -0.15) is 0 Å². The molecule has 0 unspecified atom stereocenters. The van der Waals surface area contributed by atoms with Crippen LogP contribution in [-0.4, -0.2) is 19.0 Å². The maximum absolute atomic E-state index is 11.9. The summed E-state index contributed by atoms with van der Waals surface area (Å²) in [5.41, 5.74) is 2.50. The van der Waals surface area contributed by atoms with Gasteiger partial charge in [-0.15, -0.1) is 0 Å².